The van der Waals surface area contributed by atoms with Crippen LogP contribution >= 0.6 is 0 Å². The lowest BCUT2D eigenvalue weighted by Gasteiger charge is -2.14. The molecule has 0 radical (unpaired) electrons. The molecule has 0 saturated heterocycles. The highest BCUT2D eigenvalue weighted by atomic mass is 16.2. The molecule has 3 nitrogen and oxygen atoms in total. The molecule has 0 bridgehead atoms. The van der Waals surface area contributed by atoms with Crippen molar-refractivity contribution in [1.82, 2.24) is 10.2 Å². The molecule has 1 aliphatic heterocycles. The maximum atomic E-state index is 11.4. The van der Waals surface area contributed by atoms with Crippen molar-refractivity contribution < 1.29 is 6.21 Å². The minimum Gasteiger partial charge on any atom is -0.387 e. The quantitative estimate of drug-likeness (QED) is 0.580. The van der Waals surface area contributed by atoms with E-state index in [1.807, 2.05) is 0 Å². The number of hydrogen-bond donors (Lipinski definition) is 1. The minimum atomic E-state index is -0.0309. The summed E-state index contributed by atoms with van der Waals surface area (Å²) in [7, 11) is 3.41. The number of hydrogen-bond acceptors (Lipinski definition) is 2. The molecule has 1 rings (SSSR count). The Balaban J connectivity index is 2.70. The second kappa shape index (κ2) is 3.23. The summed E-state index contributed by atoms with van der Waals surface area (Å²) in [6, 6.07) is 0. The van der Waals surface area contributed by atoms with Crippen LogP contribution in [0.2, 0.25) is 1.41 Å². The average Bonchev–Trinajstić information content (AvgIpc) is 2.03. The number of nitrogens with zero attached hydrogens (tertiary/aromatic N) is 1. The van der Waals surface area contributed by atoms with Crippen LogP contribution in [0.4, 0.5) is 0 Å². The Morgan fingerprint density at radius 1 is 1.82 bits per heavy atom. The van der Waals surface area contributed by atoms with Crippen LogP contribution in [0.5, 0.6) is 0 Å². The Kier molecular flexibility index (Phi) is 1.90. The molecule has 1 N–H and O–H groups in total. The smallest absolute Gasteiger partial charge is 0.251 e. The minimum absolute atomic E-state index is 0.0309. The first-order valence-corrected chi connectivity index (χ1v) is 3.46. The van der Waals surface area contributed by atoms with Crippen molar-refractivity contribution >= 4 is 5.91 Å². The van der Waals surface area contributed by atoms with Gasteiger partial charge in [-0.2, -0.15) is 0 Å². The summed E-state index contributed by atoms with van der Waals surface area (Å²) in [6.07, 6.45) is 5.06. The molecule has 1 aliphatic rings. The van der Waals surface area contributed by atoms with Gasteiger partial charge in [-0.25, -0.2) is 0 Å². The maximum absolute atomic E-state index is 11.4. The monoisotopic (exact) mass is 153 g/mol. The summed E-state index contributed by atoms with van der Waals surface area (Å²) in [5, 5.41) is 1.23. The van der Waals surface area contributed by atoms with Crippen molar-refractivity contribution in [3.8, 4) is 0 Å². The molecule has 0 aromatic carbocycles. The molecule has 1 heterocycles. The molecule has 3 heteroatoms. The van der Waals surface area contributed by atoms with Crippen molar-refractivity contribution in [1.29, 1.82) is 0 Å². The van der Waals surface area contributed by atoms with E-state index in [-0.39, 0.29) is 5.91 Å². The highest BCUT2D eigenvalue weighted by molar-refractivity contribution is 5.94. The summed E-state index contributed by atoms with van der Waals surface area (Å²) in [5.41, 5.74) is 0.650. The molecule has 0 spiro atoms. The molecule has 11 heavy (non-hydrogen) atoms. The fraction of sp³-hybridized carbons (Fsp3) is 0.375. The van der Waals surface area contributed by atoms with Crippen LogP contribution in [0.25, 0.3) is 0 Å². The lowest BCUT2D eigenvalue weighted by Crippen LogP contribution is -2.29. The van der Waals surface area contributed by atoms with E-state index >= 15 is 0 Å². The van der Waals surface area contributed by atoms with Crippen LogP contribution in [0.1, 0.15) is 0 Å². The van der Waals surface area contributed by atoms with E-state index in [4.69, 9.17) is 1.41 Å². The normalized spacial score (nSPS) is 17.5. The zero-order valence-electron chi connectivity index (χ0n) is 7.74. The van der Waals surface area contributed by atoms with E-state index in [0.717, 1.165) is 0 Å². The van der Waals surface area contributed by atoms with Crippen LogP contribution in [0.3, 0.4) is 0 Å². The van der Waals surface area contributed by atoms with Gasteiger partial charge in [0.2, 0.25) is 0 Å². The maximum Gasteiger partial charge on any atom is 0.251 e. The number of nitrogens with one attached hydrogen (secondary N) is 1. The van der Waals surface area contributed by atoms with E-state index in [2.05, 4.69) is 0 Å². The summed E-state index contributed by atoms with van der Waals surface area (Å²) in [4.78, 5) is 12.9. The van der Waals surface area contributed by atoms with Gasteiger partial charge in [-0.1, -0.05) is 6.08 Å². The third kappa shape index (κ3) is 1.83. The van der Waals surface area contributed by atoms with Gasteiger partial charge >= 0.3 is 0 Å². The van der Waals surface area contributed by atoms with Gasteiger partial charge in [-0.15, -0.1) is 0 Å². The van der Waals surface area contributed by atoms with Gasteiger partial charge in [0.25, 0.3) is 5.91 Å². The number of carbonyl (C=O) groups excluding carboxylic acids is 1. The first kappa shape index (κ1) is 6.46. The molecule has 0 aliphatic carbocycles. The van der Waals surface area contributed by atoms with Crippen LogP contribution in [-0.2, 0) is 4.79 Å². The van der Waals surface area contributed by atoms with Gasteiger partial charge in [0, 0.05) is 26.2 Å². The van der Waals surface area contributed by atoms with Crippen LogP contribution in [0.15, 0.2) is 23.9 Å². The third-order valence-electron chi connectivity index (χ3n) is 1.43. The Hall–Kier alpha value is -1.25. The number of dihydropyridines is 1. The predicted octanol–water partition coefficient (Wildman–Crippen LogP) is 0.118. The molecular formula is C8H12N2O. The zero-order chi connectivity index (χ0) is 9.14. The number of allylic oxidation sites excluding steroid dienone is 2. The van der Waals surface area contributed by atoms with Gasteiger partial charge in [0.05, 0.1) is 0 Å². The summed E-state index contributed by atoms with van der Waals surface area (Å²) >= 11 is 0. The largest absolute Gasteiger partial charge is 0.387 e. The molecule has 0 atom stereocenters. The van der Waals surface area contributed by atoms with E-state index in [9.17, 15) is 4.79 Å². The molecule has 0 aromatic heterocycles. The standard InChI is InChI=1S/C8H12N2O/c1-10(2)8(11)7-4-3-5-9-6-7/h3-5,9H,6H2,1-2H3/i/hD. The highest BCUT2D eigenvalue weighted by Gasteiger charge is 2.10. The third-order valence-corrected chi connectivity index (χ3v) is 1.43. The van der Waals surface area contributed by atoms with Crippen LogP contribution in [-0.4, -0.2) is 31.4 Å². The average molecular weight is 153 g/mol. The second-order valence-electron chi connectivity index (χ2n) is 2.57. The molecule has 1 amide bonds. The Labute approximate surface area is 67.8 Å². The molecular weight excluding hydrogens is 140 g/mol. The summed E-state index contributed by atoms with van der Waals surface area (Å²) in [6.45, 7) is 0.369. The molecule has 0 unspecified atom stereocenters. The van der Waals surface area contributed by atoms with Gasteiger partial charge in [0.15, 0.2) is 1.41 Å². The van der Waals surface area contributed by atoms with Gasteiger partial charge in [0.1, 0.15) is 0 Å². The van der Waals surface area contributed by atoms with Crippen LogP contribution < -0.4 is 5.31 Å². The topological polar surface area (TPSA) is 32.3 Å². The Morgan fingerprint density at radius 3 is 3.09 bits per heavy atom. The van der Waals surface area contributed by atoms with Gasteiger partial charge < -0.3 is 10.2 Å². The summed E-state index contributed by atoms with van der Waals surface area (Å²) in [5.74, 6) is -0.0309. The number of carbonyl (C=O) groups is 1. The highest BCUT2D eigenvalue weighted by Crippen LogP contribution is 2.00. The first-order chi connectivity index (χ1) is 5.61. The summed E-state index contributed by atoms with van der Waals surface area (Å²) < 4.78 is 7.27. The van der Waals surface area contributed by atoms with Crippen molar-refractivity contribution in [2.75, 3.05) is 20.6 Å². The number of amides is 1. The SMILES string of the molecule is [2H]N1C=CC=C(C(=O)N(C)C)C1. The van der Waals surface area contributed by atoms with Gasteiger partial charge in [-0.3, -0.25) is 4.79 Å². The van der Waals surface area contributed by atoms with Crippen molar-refractivity contribution in [3.05, 3.63) is 23.9 Å². The van der Waals surface area contributed by atoms with Crippen LogP contribution in [0, 0.1) is 0 Å². The van der Waals surface area contributed by atoms with E-state index < -0.39 is 0 Å². The molecule has 60 valence electrons. The lowest BCUT2D eigenvalue weighted by atomic mass is 10.2. The second-order valence-corrected chi connectivity index (χ2v) is 2.57. The Morgan fingerprint density at radius 2 is 2.55 bits per heavy atom. The van der Waals surface area contributed by atoms with Gasteiger partial charge in [-0.05, 0) is 12.3 Å². The number of rotatable bonds is 1. The Bertz CT molecular complexity index is 245. The van der Waals surface area contributed by atoms with Crippen molar-refractivity contribution in [3.63, 3.8) is 0 Å². The predicted molar refractivity (Wildman–Crippen MR) is 43.9 cm³/mol. The van der Waals surface area contributed by atoms with Crippen molar-refractivity contribution in [2.45, 2.75) is 0 Å². The zero-order valence-corrected chi connectivity index (χ0v) is 6.74. The van der Waals surface area contributed by atoms with E-state index in [1.54, 1.807) is 32.4 Å². The fourth-order valence-electron chi connectivity index (χ4n) is 0.850. The van der Waals surface area contributed by atoms with E-state index in [0.29, 0.717) is 12.1 Å². The molecule has 0 saturated carbocycles. The molecule has 0 fully saturated rings. The van der Waals surface area contributed by atoms with E-state index in [1.165, 1.54) is 10.2 Å². The molecule has 0 aromatic rings. The lowest BCUT2D eigenvalue weighted by molar-refractivity contribution is -0.124. The first-order valence-electron chi connectivity index (χ1n) is 3.90. The fourth-order valence-corrected chi connectivity index (χ4v) is 0.850. The number of likely N-dealkylation sites (N-methyl/N-ethyl adjacent to an activating group) is 1. The van der Waals surface area contributed by atoms with Crippen molar-refractivity contribution in [2.24, 2.45) is 0 Å².